The van der Waals surface area contributed by atoms with Gasteiger partial charge in [0.15, 0.2) is 0 Å². The van der Waals surface area contributed by atoms with E-state index in [9.17, 15) is 0 Å². The van der Waals surface area contributed by atoms with Crippen molar-refractivity contribution in [2.75, 3.05) is 9.98 Å². The Bertz CT molecular complexity index is 3190. The zero-order valence-electron chi connectivity index (χ0n) is 36.1. The van der Waals surface area contributed by atoms with E-state index in [-0.39, 0.29) is 0 Å². The highest BCUT2D eigenvalue weighted by Gasteiger charge is 2.48. The lowest BCUT2D eigenvalue weighted by molar-refractivity contribution is 0.767. The third-order valence-corrected chi connectivity index (χ3v) is 16.6. The summed E-state index contributed by atoms with van der Waals surface area (Å²) in [7, 11) is 0. The molecule has 3 aliphatic rings. The van der Waals surface area contributed by atoms with Gasteiger partial charge >= 0.3 is 0 Å². The quantitative estimate of drug-likeness (QED) is 0.150. The number of benzene rings is 10. The molecule has 312 valence electrons. The number of hydrogen-bond donors (Lipinski definition) is 0. The van der Waals surface area contributed by atoms with E-state index in [1.807, 2.05) is 23.5 Å². The van der Waals surface area contributed by atoms with Crippen molar-refractivity contribution in [3.63, 3.8) is 0 Å². The molecule has 0 aromatic heterocycles. The van der Waals surface area contributed by atoms with E-state index in [4.69, 9.17) is 0 Å². The van der Waals surface area contributed by atoms with Crippen LogP contribution in [0.4, 0.5) is 17.1 Å². The van der Waals surface area contributed by atoms with Gasteiger partial charge in [0.05, 0.1) is 10.8 Å². The van der Waals surface area contributed by atoms with E-state index in [1.54, 1.807) is 0 Å². The number of anilines is 3. The van der Waals surface area contributed by atoms with E-state index in [2.05, 4.69) is 254 Å². The van der Waals surface area contributed by atoms with Crippen LogP contribution in [0.25, 0.3) is 33.4 Å². The Labute approximate surface area is 395 Å². The zero-order chi connectivity index (χ0) is 43.7. The summed E-state index contributed by atoms with van der Waals surface area (Å²) in [5.41, 5.74) is 20.0. The largest absolute Gasteiger partial charge is 0.310 e. The Balaban J connectivity index is 1.08. The van der Waals surface area contributed by atoms with E-state index >= 15 is 0 Å². The SMILES string of the molecule is c1ccc(C2(c3ccccc3)c3ccccc3-c3ccc(N(c4cccc(-c5ccc6c(c5)SCS6)c4)c4ccc5c(c4)C(c4ccccc4)(c4ccccc4)c4ccccc4-5)cc32)cc1. The second-order valence-electron chi connectivity index (χ2n) is 17.5. The smallest absolute Gasteiger partial charge is 0.0714 e. The molecule has 0 saturated carbocycles. The maximum Gasteiger partial charge on any atom is 0.0714 e. The van der Waals surface area contributed by atoms with Gasteiger partial charge in [-0.3, -0.25) is 0 Å². The van der Waals surface area contributed by atoms with Crippen LogP contribution < -0.4 is 4.90 Å². The van der Waals surface area contributed by atoms with Gasteiger partial charge in [0.25, 0.3) is 0 Å². The second kappa shape index (κ2) is 15.7. The summed E-state index contributed by atoms with van der Waals surface area (Å²) in [6.45, 7) is 0. The van der Waals surface area contributed by atoms with Gasteiger partial charge in [0, 0.05) is 31.9 Å². The topological polar surface area (TPSA) is 3.24 Å². The van der Waals surface area contributed by atoms with Crippen molar-refractivity contribution >= 4 is 40.6 Å². The maximum absolute atomic E-state index is 2.51. The molecular formula is C63H43NS2. The summed E-state index contributed by atoms with van der Waals surface area (Å²) < 4.78 is 0. The number of nitrogens with zero attached hydrogens (tertiary/aromatic N) is 1. The molecule has 13 rings (SSSR count). The molecule has 2 aliphatic carbocycles. The van der Waals surface area contributed by atoms with Crippen molar-refractivity contribution in [2.45, 2.75) is 20.6 Å². The fraction of sp³-hybridized carbons (Fsp3) is 0.0476. The number of rotatable bonds is 8. The van der Waals surface area contributed by atoms with Crippen LogP contribution in [0.3, 0.4) is 0 Å². The third kappa shape index (κ3) is 5.83. The molecule has 3 heteroatoms. The van der Waals surface area contributed by atoms with E-state index in [0.717, 1.165) is 22.1 Å². The molecule has 1 aliphatic heterocycles. The number of hydrogen-bond acceptors (Lipinski definition) is 3. The van der Waals surface area contributed by atoms with Gasteiger partial charge in [0.1, 0.15) is 0 Å². The molecule has 0 fully saturated rings. The lowest BCUT2D eigenvalue weighted by Crippen LogP contribution is -2.29. The van der Waals surface area contributed by atoms with E-state index in [1.165, 1.54) is 87.7 Å². The molecule has 0 spiro atoms. The summed E-state index contributed by atoms with van der Waals surface area (Å²) in [5, 5.41) is 1.07. The summed E-state index contributed by atoms with van der Waals surface area (Å²) in [5.74, 6) is 0. The Morgan fingerprint density at radius 2 is 0.697 bits per heavy atom. The van der Waals surface area contributed by atoms with Crippen LogP contribution in [-0.2, 0) is 10.8 Å². The van der Waals surface area contributed by atoms with Gasteiger partial charge in [-0.2, -0.15) is 0 Å². The Morgan fingerprint density at radius 3 is 1.20 bits per heavy atom. The maximum atomic E-state index is 2.51. The predicted octanol–water partition coefficient (Wildman–Crippen LogP) is 16.7. The molecule has 0 saturated heterocycles. The van der Waals surface area contributed by atoms with Gasteiger partial charge in [-0.1, -0.05) is 200 Å². The van der Waals surface area contributed by atoms with Crippen LogP contribution in [0.5, 0.6) is 0 Å². The summed E-state index contributed by atoms with van der Waals surface area (Å²) in [4.78, 5) is 5.25. The fourth-order valence-electron chi connectivity index (χ4n) is 11.5. The highest BCUT2D eigenvalue weighted by molar-refractivity contribution is 8.18. The Hall–Kier alpha value is -7.30. The molecule has 0 N–H and O–H groups in total. The predicted molar refractivity (Wildman–Crippen MR) is 278 cm³/mol. The van der Waals surface area contributed by atoms with Crippen LogP contribution in [0.15, 0.2) is 259 Å². The molecule has 0 bridgehead atoms. The van der Waals surface area contributed by atoms with Gasteiger partial charge in [0.2, 0.25) is 0 Å². The van der Waals surface area contributed by atoms with Crippen molar-refractivity contribution < 1.29 is 0 Å². The van der Waals surface area contributed by atoms with Crippen LogP contribution in [0, 0.1) is 0 Å². The highest BCUT2D eigenvalue weighted by Crippen LogP contribution is 2.59. The average Bonchev–Trinajstić information content (AvgIpc) is 4.08. The standard InChI is InChI=1S/C63H43NS2/c1-5-19-45(20-6-1)62(46-21-7-2-8-22-46)56-30-15-13-28-52(56)54-35-33-50(40-58(54)62)64(49-27-17-18-43(38-49)44-32-37-60-61(39-44)66-42-65-60)51-34-36-55-53-29-14-16-31-57(53)63(59(55)41-51,47-23-9-3-10-24-47)48-25-11-4-12-26-48/h1-41H,42H2. The van der Waals surface area contributed by atoms with Crippen molar-refractivity contribution in [1.29, 1.82) is 0 Å². The first-order chi connectivity index (χ1) is 32.7. The van der Waals surface area contributed by atoms with E-state index in [0.29, 0.717) is 0 Å². The highest BCUT2D eigenvalue weighted by atomic mass is 32.2. The number of thioether (sulfide) groups is 2. The average molecular weight is 878 g/mol. The normalized spacial score (nSPS) is 14.4. The van der Waals surface area contributed by atoms with Gasteiger partial charge in [-0.25, -0.2) is 0 Å². The molecule has 1 heterocycles. The monoisotopic (exact) mass is 877 g/mol. The van der Waals surface area contributed by atoms with Crippen LogP contribution in [-0.4, -0.2) is 5.08 Å². The summed E-state index contributed by atoms with van der Waals surface area (Å²) in [6, 6.07) is 93.2. The van der Waals surface area contributed by atoms with Crippen LogP contribution in [0.2, 0.25) is 0 Å². The van der Waals surface area contributed by atoms with Gasteiger partial charge < -0.3 is 4.90 Å². The molecule has 0 radical (unpaired) electrons. The van der Waals surface area contributed by atoms with Crippen molar-refractivity contribution in [1.82, 2.24) is 0 Å². The minimum Gasteiger partial charge on any atom is -0.310 e. The first-order valence-electron chi connectivity index (χ1n) is 22.7. The van der Waals surface area contributed by atoms with Crippen molar-refractivity contribution in [3.8, 4) is 33.4 Å². The number of fused-ring (bicyclic) bond motifs is 7. The first-order valence-corrected chi connectivity index (χ1v) is 24.7. The summed E-state index contributed by atoms with van der Waals surface area (Å²) in [6.07, 6.45) is 0. The van der Waals surface area contributed by atoms with E-state index < -0.39 is 10.8 Å². The third-order valence-electron chi connectivity index (χ3n) is 14.2. The van der Waals surface area contributed by atoms with Crippen LogP contribution in [0.1, 0.15) is 44.5 Å². The molecule has 10 aromatic carbocycles. The molecule has 10 aromatic rings. The minimum atomic E-state index is -0.534. The van der Waals surface area contributed by atoms with Crippen molar-refractivity contribution in [3.05, 3.63) is 293 Å². The molecule has 0 atom stereocenters. The van der Waals surface area contributed by atoms with Gasteiger partial charge in [-0.15, -0.1) is 23.5 Å². The van der Waals surface area contributed by atoms with Crippen molar-refractivity contribution in [2.24, 2.45) is 0 Å². The first kappa shape index (κ1) is 39.1. The molecule has 0 unspecified atom stereocenters. The minimum absolute atomic E-state index is 0.534. The zero-order valence-corrected chi connectivity index (χ0v) is 37.8. The fourth-order valence-corrected chi connectivity index (χ4v) is 13.9. The lowest BCUT2D eigenvalue weighted by atomic mass is 9.67. The second-order valence-corrected chi connectivity index (χ2v) is 19.9. The molecule has 1 nitrogen and oxygen atoms in total. The molecule has 0 amide bonds. The molecular weight excluding hydrogens is 835 g/mol. The molecule has 66 heavy (non-hydrogen) atoms. The van der Waals surface area contributed by atoms with Gasteiger partial charge in [-0.05, 0) is 126 Å². The Morgan fingerprint density at radius 1 is 0.288 bits per heavy atom. The van der Waals surface area contributed by atoms with Crippen LogP contribution >= 0.6 is 23.5 Å². The summed E-state index contributed by atoms with van der Waals surface area (Å²) >= 11 is 3.87. The Kier molecular flexibility index (Phi) is 9.30. The lowest BCUT2D eigenvalue weighted by Gasteiger charge is -2.36.